The van der Waals surface area contributed by atoms with E-state index in [0.29, 0.717) is 34.1 Å². The standard InChI is InChI=1S/C18H19ClN4O4/c1-10-8-11(6-7-20-18(25)26)15-17(24)22(2)16(21-23(10)15)13-5-4-12(27-3)9-14(13)19/h4-5,8-9,20H,6-7H2,1-3H3,(H,25,26). The molecule has 0 bridgehead atoms. The number of aromatic nitrogens is 3. The molecule has 0 aliphatic rings. The van der Waals surface area contributed by atoms with Gasteiger partial charge >= 0.3 is 6.09 Å². The number of benzene rings is 1. The largest absolute Gasteiger partial charge is 0.497 e. The zero-order chi connectivity index (χ0) is 19.7. The van der Waals surface area contributed by atoms with Crippen molar-refractivity contribution in [1.29, 1.82) is 0 Å². The predicted octanol–water partition coefficient (Wildman–Crippen LogP) is 2.48. The number of carbonyl (C=O) groups is 1. The molecule has 0 saturated carbocycles. The highest BCUT2D eigenvalue weighted by Gasteiger charge is 2.18. The van der Waals surface area contributed by atoms with Gasteiger partial charge in [-0.2, -0.15) is 0 Å². The van der Waals surface area contributed by atoms with Gasteiger partial charge in [0.25, 0.3) is 5.56 Å². The fourth-order valence-electron chi connectivity index (χ4n) is 3.00. The molecule has 2 heterocycles. The van der Waals surface area contributed by atoms with Crippen molar-refractivity contribution in [2.45, 2.75) is 13.3 Å². The Labute approximate surface area is 159 Å². The van der Waals surface area contributed by atoms with E-state index in [1.807, 2.05) is 13.0 Å². The first-order valence-electron chi connectivity index (χ1n) is 8.22. The lowest BCUT2D eigenvalue weighted by Crippen LogP contribution is -2.26. The van der Waals surface area contributed by atoms with Crippen molar-refractivity contribution in [3.63, 3.8) is 0 Å². The summed E-state index contributed by atoms with van der Waals surface area (Å²) in [6, 6.07) is 7.01. The molecule has 0 atom stereocenters. The van der Waals surface area contributed by atoms with Gasteiger partial charge in [-0.05, 0) is 43.2 Å². The van der Waals surface area contributed by atoms with Crippen LogP contribution in [-0.2, 0) is 13.5 Å². The van der Waals surface area contributed by atoms with E-state index in [0.717, 1.165) is 11.3 Å². The third-order valence-corrected chi connectivity index (χ3v) is 4.65. The van der Waals surface area contributed by atoms with Gasteiger partial charge in [-0.1, -0.05) is 11.6 Å². The van der Waals surface area contributed by atoms with Crippen LogP contribution in [0.4, 0.5) is 4.79 Å². The summed E-state index contributed by atoms with van der Waals surface area (Å²) < 4.78 is 8.18. The maximum Gasteiger partial charge on any atom is 0.404 e. The summed E-state index contributed by atoms with van der Waals surface area (Å²) in [6.07, 6.45) is -0.707. The molecule has 9 heteroatoms. The van der Waals surface area contributed by atoms with Crippen LogP contribution in [0.1, 0.15) is 11.3 Å². The minimum Gasteiger partial charge on any atom is -0.497 e. The van der Waals surface area contributed by atoms with Crippen molar-refractivity contribution in [3.05, 3.63) is 50.9 Å². The highest BCUT2D eigenvalue weighted by atomic mass is 35.5. The molecular weight excluding hydrogens is 372 g/mol. The molecule has 0 unspecified atom stereocenters. The van der Waals surface area contributed by atoms with Crippen molar-refractivity contribution in [2.24, 2.45) is 7.05 Å². The van der Waals surface area contributed by atoms with Gasteiger partial charge in [-0.15, -0.1) is 5.10 Å². The summed E-state index contributed by atoms with van der Waals surface area (Å²) in [6.45, 7) is 2.05. The van der Waals surface area contributed by atoms with E-state index in [1.165, 1.54) is 4.57 Å². The van der Waals surface area contributed by atoms with Crippen LogP contribution in [-0.4, -0.2) is 39.0 Å². The average molecular weight is 391 g/mol. The Bertz CT molecular complexity index is 1090. The Balaban J connectivity index is 2.13. The van der Waals surface area contributed by atoms with E-state index in [1.54, 1.807) is 36.9 Å². The topological polar surface area (TPSA) is 97.9 Å². The second-order valence-corrected chi connectivity index (χ2v) is 6.49. The van der Waals surface area contributed by atoms with E-state index in [-0.39, 0.29) is 12.1 Å². The number of carboxylic acid groups (broad SMARTS) is 1. The molecule has 0 aliphatic carbocycles. The van der Waals surface area contributed by atoms with Gasteiger partial charge in [0, 0.05) is 24.8 Å². The summed E-state index contributed by atoms with van der Waals surface area (Å²) in [7, 11) is 3.18. The zero-order valence-electron chi connectivity index (χ0n) is 15.1. The Hall–Kier alpha value is -3.00. The molecular formula is C18H19ClN4O4. The zero-order valence-corrected chi connectivity index (χ0v) is 15.9. The van der Waals surface area contributed by atoms with Gasteiger partial charge in [0.05, 0.1) is 12.1 Å². The average Bonchev–Trinajstić information content (AvgIpc) is 2.93. The Kier molecular flexibility index (Phi) is 5.09. The summed E-state index contributed by atoms with van der Waals surface area (Å²) in [5, 5.41) is 16.1. The van der Waals surface area contributed by atoms with E-state index >= 15 is 0 Å². The van der Waals surface area contributed by atoms with Crippen LogP contribution in [0, 0.1) is 6.92 Å². The molecule has 3 aromatic rings. The second kappa shape index (κ2) is 7.32. The second-order valence-electron chi connectivity index (χ2n) is 6.09. The van der Waals surface area contributed by atoms with Crippen LogP contribution >= 0.6 is 11.6 Å². The van der Waals surface area contributed by atoms with E-state index < -0.39 is 6.09 Å². The van der Waals surface area contributed by atoms with Gasteiger partial charge in [-0.25, -0.2) is 9.31 Å². The summed E-state index contributed by atoms with van der Waals surface area (Å²) in [5.41, 5.74) is 2.32. The third-order valence-electron chi connectivity index (χ3n) is 4.34. The molecule has 3 rings (SSSR count). The predicted molar refractivity (Wildman–Crippen MR) is 102 cm³/mol. The van der Waals surface area contributed by atoms with Crippen LogP contribution in [0.15, 0.2) is 29.1 Å². The van der Waals surface area contributed by atoms with Crippen molar-refractivity contribution < 1.29 is 14.6 Å². The van der Waals surface area contributed by atoms with Crippen molar-refractivity contribution in [3.8, 4) is 17.1 Å². The molecule has 2 N–H and O–H groups in total. The minimum atomic E-state index is -1.10. The minimum absolute atomic E-state index is 0.212. The molecule has 2 aromatic heterocycles. The Morgan fingerprint density at radius 2 is 2.11 bits per heavy atom. The number of halogens is 1. The first kappa shape index (κ1) is 18.8. The van der Waals surface area contributed by atoms with Crippen LogP contribution < -0.4 is 15.6 Å². The number of nitrogens with one attached hydrogen (secondary N) is 1. The molecule has 0 fully saturated rings. The number of methoxy groups -OCH3 is 1. The molecule has 0 radical (unpaired) electrons. The van der Waals surface area contributed by atoms with Gasteiger partial charge in [0.15, 0.2) is 5.82 Å². The maximum atomic E-state index is 13.0. The maximum absolute atomic E-state index is 13.0. The molecule has 1 amide bonds. The SMILES string of the molecule is COc1ccc(-c2nn3c(C)cc(CCNC(=O)O)c3c(=O)n2C)c(Cl)c1. The highest BCUT2D eigenvalue weighted by molar-refractivity contribution is 6.33. The number of hydrogen-bond donors (Lipinski definition) is 2. The summed E-state index contributed by atoms with van der Waals surface area (Å²) in [4.78, 5) is 23.6. The fourth-order valence-corrected chi connectivity index (χ4v) is 3.26. The third kappa shape index (κ3) is 3.48. The first-order valence-corrected chi connectivity index (χ1v) is 8.60. The fraction of sp³-hybridized carbons (Fsp3) is 0.278. The number of ether oxygens (including phenoxy) is 1. The first-order chi connectivity index (χ1) is 12.8. The molecule has 0 aliphatic heterocycles. The molecule has 1 aromatic carbocycles. The quantitative estimate of drug-likeness (QED) is 0.697. The van der Waals surface area contributed by atoms with E-state index in [4.69, 9.17) is 21.4 Å². The monoisotopic (exact) mass is 390 g/mol. The number of nitrogens with zero attached hydrogens (tertiary/aromatic N) is 3. The summed E-state index contributed by atoms with van der Waals surface area (Å²) in [5.74, 6) is 1.04. The Morgan fingerprint density at radius 1 is 1.37 bits per heavy atom. The molecule has 27 heavy (non-hydrogen) atoms. The molecule has 142 valence electrons. The molecule has 0 saturated heterocycles. The smallest absolute Gasteiger partial charge is 0.404 e. The van der Waals surface area contributed by atoms with E-state index in [2.05, 4.69) is 10.4 Å². The van der Waals surface area contributed by atoms with Crippen LogP contribution in [0.5, 0.6) is 5.75 Å². The van der Waals surface area contributed by atoms with Gasteiger partial charge < -0.3 is 15.2 Å². The van der Waals surface area contributed by atoms with Crippen LogP contribution in [0.2, 0.25) is 5.02 Å². The van der Waals surface area contributed by atoms with Crippen molar-refractivity contribution in [1.82, 2.24) is 19.5 Å². The summed E-state index contributed by atoms with van der Waals surface area (Å²) >= 11 is 6.35. The van der Waals surface area contributed by atoms with Gasteiger partial charge in [0.1, 0.15) is 11.3 Å². The van der Waals surface area contributed by atoms with Gasteiger partial charge in [-0.3, -0.25) is 9.36 Å². The lowest BCUT2D eigenvalue weighted by molar-refractivity contribution is 0.194. The number of amides is 1. The van der Waals surface area contributed by atoms with Crippen LogP contribution in [0.25, 0.3) is 16.9 Å². The normalized spacial score (nSPS) is 11.0. The lowest BCUT2D eigenvalue weighted by atomic mass is 10.2. The van der Waals surface area contributed by atoms with E-state index in [9.17, 15) is 9.59 Å². The molecule has 0 spiro atoms. The number of fused-ring (bicyclic) bond motifs is 1. The van der Waals surface area contributed by atoms with Crippen LogP contribution in [0.3, 0.4) is 0 Å². The number of rotatable bonds is 5. The highest BCUT2D eigenvalue weighted by Crippen LogP contribution is 2.29. The Morgan fingerprint density at radius 3 is 2.74 bits per heavy atom. The number of hydrogen-bond acceptors (Lipinski definition) is 4. The number of aryl methyl sites for hydroxylation is 1. The lowest BCUT2D eigenvalue weighted by Gasteiger charge is -2.12. The van der Waals surface area contributed by atoms with Gasteiger partial charge in [0.2, 0.25) is 0 Å². The molecule has 8 nitrogen and oxygen atoms in total. The van der Waals surface area contributed by atoms with Crippen molar-refractivity contribution >= 4 is 23.2 Å². The van der Waals surface area contributed by atoms with Crippen molar-refractivity contribution in [2.75, 3.05) is 13.7 Å².